The summed E-state index contributed by atoms with van der Waals surface area (Å²) in [5.74, 6) is -0.226. The van der Waals surface area contributed by atoms with E-state index in [2.05, 4.69) is 22.2 Å². The molecule has 144 valence electrons. The number of aromatic nitrogens is 2. The maximum Gasteiger partial charge on any atom is 0.388 e. The number of aryl methyl sites for hydroxylation is 2. The second-order valence-electron chi connectivity index (χ2n) is 6.48. The second-order valence-corrected chi connectivity index (χ2v) is 11.1. The molecule has 0 saturated heterocycles. The third-order valence-corrected chi connectivity index (χ3v) is 6.00. The summed E-state index contributed by atoms with van der Waals surface area (Å²) in [6.45, 7) is 0.839. The maximum absolute atomic E-state index is 12.6. The Labute approximate surface area is 166 Å². The van der Waals surface area contributed by atoms with Crippen LogP contribution in [0.1, 0.15) is 11.1 Å². The first-order chi connectivity index (χ1) is 12.5. The molecule has 0 radical (unpaired) electrons. The third kappa shape index (κ3) is 4.73. The van der Waals surface area contributed by atoms with E-state index in [0.29, 0.717) is 27.2 Å². The van der Waals surface area contributed by atoms with Crippen LogP contribution < -0.4 is 4.74 Å². The van der Waals surface area contributed by atoms with E-state index in [1.165, 1.54) is 7.05 Å². The van der Waals surface area contributed by atoms with Crippen molar-refractivity contribution in [3.8, 4) is 23.2 Å². The zero-order valence-corrected chi connectivity index (χ0v) is 17.6. The fraction of sp³-hybridized carbons (Fsp3) is 0.278. The highest BCUT2D eigenvalue weighted by Gasteiger charge is 2.22. The molecule has 0 spiro atoms. The third-order valence-electron chi connectivity index (χ3n) is 3.80. The lowest BCUT2D eigenvalue weighted by atomic mass is 10.0. The largest absolute Gasteiger partial charge is 0.416 e. The quantitative estimate of drug-likeness (QED) is 0.438. The second kappa shape index (κ2) is 8.06. The first-order valence-electron chi connectivity index (χ1n) is 7.74. The number of benzene rings is 1. The van der Waals surface area contributed by atoms with E-state index in [9.17, 15) is 14.0 Å². The summed E-state index contributed by atoms with van der Waals surface area (Å²) in [5, 5.41) is 14.6. The molecule has 27 heavy (non-hydrogen) atoms. The summed E-state index contributed by atoms with van der Waals surface area (Å²) in [7, 11) is 1.46. The minimum atomic E-state index is -3.02. The number of hydrogen-bond donors (Lipinski definition) is 0. The average Bonchev–Trinajstić information content (AvgIpc) is 2.80. The van der Waals surface area contributed by atoms with Crippen molar-refractivity contribution in [1.29, 1.82) is 5.26 Å². The van der Waals surface area contributed by atoms with Crippen molar-refractivity contribution >= 4 is 42.5 Å². The van der Waals surface area contributed by atoms with E-state index < -0.39 is 13.5 Å². The lowest BCUT2D eigenvalue weighted by Gasteiger charge is -2.12. The Morgan fingerprint density at radius 2 is 2.04 bits per heavy atom. The molecule has 0 bridgehead atoms. The molecule has 0 atom stereocenters. The van der Waals surface area contributed by atoms with Gasteiger partial charge in [0.1, 0.15) is 10.7 Å². The predicted molar refractivity (Wildman–Crippen MR) is 110 cm³/mol. The summed E-state index contributed by atoms with van der Waals surface area (Å²) in [6, 6.07) is 5.62. The molecule has 0 N–H and O–H groups in total. The van der Waals surface area contributed by atoms with E-state index in [0.717, 1.165) is 10.2 Å². The molecular formula is C18H18Cl2F2N3OP. The number of ether oxygens (including phenoxy) is 1. The molecule has 0 amide bonds. The van der Waals surface area contributed by atoms with Crippen LogP contribution in [0.5, 0.6) is 5.88 Å². The fourth-order valence-corrected chi connectivity index (χ4v) is 3.75. The molecular weight excluding hydrogens is 414 g/mol. The molecule has 9 heteroatoms. The van der Waals surface area contributed by atoms with Crippen LogP contribution in [0, 0.1) is 18.3 Å². The van der Waals surface area contributed by atoms with Gasteiger partial charge in [-0.3, -0.25) is 0 Å². The van der Waals surface area contributed by atoms with Gasteiger partial charge in [-0.15, -0.1) is 0 Å². The van der Waals surface area contributed by atoms with Gasteiger partial charge in [0.15, 0.2) is 0 Å². The molecule has 1 aromatic carbocycles. The standard InChI is InChI=1S/C18H18Cl2F2N3OP/c1-10-6-14(19)11(7-12(9-23)27(3,4)5)8-13(10)16-15(20)17(25(2)24-16)26-18(21)22/h6-8,18H,3H2,1-2,4-5H3/b12-7+. The van der Waals surface area contributed by atoms with Gasteiger partial charge in [0.25, 0.3) is 0 Å². The van der Waals surface area contributed by atoms with Crippen molar-refractivity contribution in [2.24, 2.45) is 7.05 Å². The Balaban J connectivity index is 2.66. The molecule has 4 nitrogen and oxygen atoms in total. The minimum absolute atomic E-state index is 0.0244. The molecule has 2 rings (SSSR count). The number of alkyl halides is 2. The summed E-state index contributed by atoms with van der Waals surface area (Å²) < 4.78 is 30.8. The zero-order valence-electron chi connectivity index (χ0n) is 15.2. The number of hydrogen-bond acceptors (Lipinski definition) is 3. The Bertz CT molecular complexity index is 1000. The molecule has 0 saturated carbocycles. The number of allylic oxidation sites excluding steroid dienone is 1. The molecule has 1 aromatic heterocycles. The maximum atomic E-state index is 12.6. The van der Waals surface area contributed by atoms with E-state index in [4.69, 9.17) is 23.2 Å². The van der Waals surface area contributed by atoms with E-state index in [1.807, 2.05) is 13.3 Å². The van der Waals surface area contributed by atoms with Crippen molar-refractivity contribution in [1.82, 2.24) is 9.78 Å². The summed E-state index contributed by atoms with van der Waals surface area (Å²) in [6.07, 6.45) is 5.77. The van der Waals surface area contributed by atoms with Crippen LogP contribution in [0.15, 0.2) is 17.4 Å². The van der Waals surface area contributed by atoms with Gasteiger partial charge in [-0.1, -0.05) is 36.4 Å². The summed E-state index contributed by atoms with van der Waals surface area (Å²) in [5.41, 5.74) is 2.25. The van der Waals surface area contributed by atoms with Crippen molar-refractivity contribution < 1.29 is 13.5 Å². The Kier molecular flexibility index (Phi) is 6.42. The van der Waals surface area contributed by atoms with Gasteiger partial charge in [0.2, 0.25) is 5.88 Å². The Morgan fingerprint density at radius 3 is 2.56 bits per heavy atom. The highest BCUT2D eigenvalue weighted by Crippen LogP contribution is 2.47. The van der Waals surface area contributed by atoms with Gasteiger partial charge in [0.05, 0.1) is 11.4 Å². The van der Waals surface area contributed by atoms with E-state index in [-0.39, 0.29) is 10.9 Å². The monoisotopic (exact) mass is 431 g/mol. The predicted octanol–water partition coefficient (Wildman–Crippen LogP) is 5.88. The van der Waals surface area contributed by atoms with E-state index in [1.54, 1.807) is 25.1 Å². The van der Waals surface area contributed by atoms with Crippen molar-refractivity contribution in [3.05, 3.63) is 38.6 Å². The van der Waals surface area contributed by atoms with Crippen LogP contribution in [0.3, 0.4) is 0 Å². The highest BCUT2D eigenvalue weighted by molar-refractivity contribution is 7.76. The Morgan fingerprint density at radius 1 is 1.41 bits per heavy atom. The zero-order chi connectivity index (χ0) is 20.5. The lowest BCUT2D eigenvalue weighted by molar-refractivity contribution is -0.0552. The van der Waals surface area contributed by atoms with Gasteiger partial charge < -0.3 is 4.74 Å². The van der Waals surface area contributed by atoms with Crippen molar-refractivity contribution in [2.75, 3.05) is 13.3 Å². The van der Waals surface area contributed by atoms with Crippen LogP contribution in [-0.4, -0.2) is 36.0 Å². The van der Waals surface area contributed by atoms with Crippen LogP contribution in [0.2, 0.25) is 10.0 Å². The molecule has 0 unspecified atom stereocenters. The molecule has 0 aliphatic heterocycles. The molecule has 0 aliphatic rings. The van der Waals surface area contributed by atoms with Crippen LogP contribution in [0.4, 0.5) is 8.78 Å². The van der Waals surface area contributed by atoms with Crippen LogP contribution in [-0.2, 0) is 7.05 Å². The topological polar surface area (TPSA) is 50.8 Å². The fourth-order valence-electron chi connectivity index (χ4n) is 2.41. The first kappa shape index (κ1) is 21.5. The lowest BCUT2D eigenvalue weighted by Crippen LogP contribution is -2.06. The first-order valence-corrected chi connectivity index (χ1v) is 11.4. The van der Waals surface area contributed by atoms with Gasteiger partial charge in [0, 0.05) is 17.6 Å². The SMILES string of the molecule is C=P(C)(C)/C(C#N)=C/c1cc(-c2nn(C)c(OC(F)F)c2Cl)c(C)cc1Cl. The Hall–Kier alpha value is -1.80. The van der Waals surface area contributed by atoms with Gasteiger partial charge >= 0.3 is 6.61 Å². The molecule has 2 aromatic rings. The van der Waals surface area contributed by atoms with Crippen molar-refractivity contribution in [3.63, 3.8) is 0 Å². The van der Waals surface area contributed by atoms with Crippen LogP contribution >= 0.6 is 30.1 Å². The van der Waals surface area contributed by atoms with Crippen LogP contribution in [0.25, 0.3) is 17.3 Å². The summed E-state index contributed by atoms with van der Waals surface area (Å²) in [4.78, 5) is 0. The number of nitrogens with zero attached hydrogens (tertiary/aromatic N) is 3. The number of rotatable bonds is 5. The number of halogens is 4. The molecule has 1 heterocycles. The highest BCUT2D eigenvalue weighted by atomic mass is 35.5. The van der Waals surface area contributed by atoms with Gasteiger partial charge in [-0.25, -0.2) is 4.68 Å². The normalized spacial score (nSPS) is 12.4. The number of nitriles is 1. The molecule has 0 fully saturated rings. The smallest absolute Gasteiger partial charge is 0.388 e. The van der Waals surface area contributed by atoms with E-state index >= 15 is 0 Å². The average molecular weight is 432 g/mol. The van der Waals surface area contributed by atoms with Crippen molar-refractivity contribution in [2.45, 2.75) is 13.5 Å². The summed E-state index contributed by atoms with van der Waals surface area (Å²) >= 11 is 12.6. The van der Waals surface area contributed by atoms with Gasteiger partial charge in [-0.05, 0) is 49.6 Å². The van der Waals surface area contributed by atoms with Gasteiger partial charge in [-0.2, -0.15) is 19.1 Å². The molecule has 0 aliphatic carbocycles. The minimum Gasteiger partial charge on any atom is -0.416 e.